The van der Waals surface area contributed by atoms with E-state index in [1.54, 1.807) is 37.4 Å². The third-order valence-corrected chi connectivity index (χ3v) is 4.42. The highest BCUT2D eigenvalue weighted by atomic mass is 35.5. The number of carbonyl (C=O) groups is 2. The Morgan fingerprint density at radius 3 is 2.22 bits per heavy atom. The first-order chi connectivity index (χ1) is 10.9. The van der Waals surface area contributed by atoms with E-state index in [4.69, 9.17) is 34.8 Å². The zero-order valence-corrected chi connectivity index (χ0v) is 14.3. The number of amides is 1. The average Bonchev–Trinajstić information content (AvgIpc) is 2.57. The summed E-state index contributed by atoms with van der Waals surface area (Å²) >= 11 is 17.8. The van der Waals surface area contributed by atoms with Crippen molar-refractivity contribution < 1.29 is 9.59 Å². The smallest absolute Gasteiger partial charge is 0.251 e. The fraction of sp³-hybridized carbons (Fsp3) is 0.0588. The van der Waals surface area contributed by atoms with Crippen molar-refractivity contribution in [3.05, 3.63) is 74.2 Å². The molecule has 0 aliphatic rings. The summed E-state index contributed by atoms with van der Waals surface area (Å²) in [7, 11) is 1.57. The third kappa shape index (κ3) is 4.14. The molecule has 6 heteroatoms. The van der Waals surface area contributed by atoms with E-state index in [1.165, 1.54) is 18.2 Å². The largest absolute Gasteiger partial charge is 0.355 e. The molecule has 2 aromatic carbocycles. The summed E-state index contributed by atoms with van der Waals surface area (Å²) in [5.41, 5.74) is 1.60. The van der Waals surface area contributed by atoms with Gasteiger partial charge in [-0.15, -0.1) is 0 Å². The maximum atomic E-state index is 12.2. The lowest BCUT2D eigenvalue weighted by Gasteiger charge is -2.04. The molecule has 0 saturated heterocycles. The molecule has 0 atom stereocenters. The van der Waals surface area contributed by atoms with Crippen molar-refractivity contribution in [3.63, 3.8) is 0 Å². The molecule has 0 saturated carbocycles. The van der Waals surface area contributed by atoms with E-state index in [-0.39, 0.29) is 27.3 Å². The van der Waals surface area contributed by atoms with E-state index in [0.29, 0.717) is 10.6 Å². The summed E-state index contributed by atoms with van der Waals surface area (Å²) in [6.07, 6.45) is 3.02. The van der Waals surface area contributed by atoms with Crippen LogP contribution < -0.4 is 5.32 Å². The lowest BCUT2D eigenvalue weighted by Crippen LogP contribution is -2.17. The molecule has 0 aliphatic heterocycles. The van der Waals surface area contributed by atoms with E-state index in [9.17, 15) is 9.59 Å². The molecule has 0 heterocycles. The molecule has 1 N–H and O–H groups in total. The normalized spacial score (nSPS) is 10.8. The second-order valence-corrected chi connectivity index (χ2v) is 5.78. The molecule has 118 valence electrons. The number of allylic oxidation sites excluding steroid dienone is 1. The number of nitrogens with one attached hydrogen (secondary N) is 1. The van der Waals surface area contributed by atoms with Crippen molar-refractivity contribution in [2.75, 3.05) is 7.05 Å². The zero-order chi connectivity index (χ0) is 17.0. The van der Waals surface area contributed by atoms with E-state index in [0.717, 1.165) is 5.56 Å². The Morgan fingerprint density at radius 1 is 0.957 bits per heavy atom. The third-order valence-electron chi connectivity index (χ3n) is 3.13. The number of halogens is 3. The minimum absolute atomic E-state index is 0.129. The van der Waals surface area contributed by atoms with Gasteiger partial charge in [-0.2, -0.15) is 0 Å². The number of benzene rings is 2. The molecule has 2 aromatic rings. The first kappa shape index (κ1) is 17.5. The predicted octanol–water partition coefficient (Wildman–Crippen LogP) is 4.90. The lowest BCUT2D eigenvalue weighted by molar-refractivity contribution is 0.0962. The van der Waals surface area contributed by atoms with Gasteiger partial charge in [0, 0.05) is 18.2 Å². The molecule has 0 radical (unpaired) electrons. The second-order valence-electron chi connectivity index (χ2n) is 4.62. The monoisotopic (exact) mass is 367 g/mol. The number of ketones is 1. The van der Waals surface area contributed by atoms with Gasteiger partial charge in [-0.1, -0.05) is 53.0 Å². The standard InChI is InChI=1S/C17H12Cl3NO2/c1-21-17(23)11-5-2-10(3-6-11)4-9-14(22)12-7-8-13(18)16(20)15(12)19/h2-9H,1H3,(H,21,23). The van der Waals surface area contributed by atoms with Crippen molar-refractivity contribution in [2.45, 2.75) is 0 Å². The van der Waals surface area contributed by atoms with Crippen molar-refractivity contribution in [1.82, 2.24) is 5.32 Å². The van der Waals surface area contributed by atoms with Gasteiger partial charge in [0.15, 0.2) is 5.78 Å². The number of carbonyl (C=O) groups excluding carboxylic acids is 2. The van der Waals surface area contributed by atoms with Crippen LogP contribution in [0, 0.1) is 0 Å². The van der Waals surface area contributed by atoms with Crippen LogP contribution in [0.1, 0.15) is 26.3 Å². The van der Waals surface area contributed by atoms with Crippen LogP contribution in [0.5, 0.6) is 0 Å². The Hall–Kier alpha value is -1.81. The van der Waals surface area contributed by atoms with Crippen molar-refractivity contribution in [2.24, 2.45) is 0 Å². The highest BCUT2D eigenvalue weighted by molar-refractivity contribution is 6.49. The lowest BCUT2D eigenvalue weighted by atomic mass is 10.1. The molecule has 2 rings (SSSR count). The van der Waals surface area contributed by atoms with Gasteiger partial charge in [-0.25, -0.2) is 0 Å². The number of hydrogen-bond acceptors (Lipinski definition) is 2. The average molecular weight is 369 g/mol. The maximum Gasteiger partial charge on any atom is 0.251 e. The van der Waals surface area contributed by atoms with Gasteiger partial charge in [0.2, 0.25) is 0 Å². The Balaban J connectivity index is 2.18. The molecular weight excluding hydrogens is 357 g/mol. The minimum Gasteiger partial charge on any atom is -0.355 e. The molecule has 0 unspecified atom stereocenters. The summed E-state index contributed by atoms with van der Waals surface area (Å²) in [5, 5.41) is 3.12. The van der Waals surface area contributed by atoms with Crippen LogP contribution in [0.4, 0.5) is 0 Å². The van der Waals surface area contributed by atoms with Crippen LogP contribution >= 0.6 is 34.8 Å². The van der Waals surface area contributed by atoms with Gasteiger partial charge in [0.25, 0.3) is 5.91 Å². The highest BCUT2D eigenvalue weighted by Gasteiger charge is 2.13. The Labute approximate surface area is 148 Å². The summed E-state index contributed by atoms with van der Waals surface area (Å²) in [5.74, 6) is -0.455. The van der Waals surface area contributed by atoms with Crippen molar-refractivity contribution in [1.29, 1.82) is 0 Å². The summed E-state index contributed by atoms with van der Waals surface area (Å²) < 4.78 is 0. The SMILES string of the molecule is CNC(=O)c1ccc(C=CC(=O)c2ccc(Cl)c(Cl)c2Cl)cc1. The molecular formula is C17H12Cl3NO2. The Kier molecular flexibility index (Phi) is 5.83. The van der Waals surface area contributed by atoms with Crippen LogP contribution in [-0.4, -0.2) is 18.7 Å². The molecule has 3 nitrogen and oxygen atoms in total. The van der Waals surface area contributed by atoms with Gasteiger partial charge in [-0.3, -0.25) is 9.59 Å². The Bertz CT molecular complexity index is 783. The topological polar surface area (TPSA) is 46.2 Å². The fourth-order valence-corrected chi connectivity index (χ4v) is 2.50. The Morgan fingerprint density at radius 2 is 1.61 bits per heavy atom. The predicted molar refractivity (Wildman–Crippen MR) is 94.7 cm³/mol. The quantitative estimate of drug-likeness (QED) is 0.474. The molecule has 0 fully saturated rings. The molecule has 0 aliphatic carbocycles. The molecule has 0 aromatic heterocycles. The van der Waals surface area contributed by atoms with E-state index >= 15 is 0 Å². The molecule has 23 heavy (non-hydrogen) atoms. The molecule has 1 amide bonds. The van der Waals surface area contributed by atoms with E-state index in [2.05, 4.69) is 5.32 Å². The van der Waals surface area contributed by atoms with Crippen LogP contribution in [0.3, 0.4) is 0 Å². The summed E-state index contributed by atoms with van der Waals surface area (Å²) in [6, 6.07) is 9.88. The van der Waals surface area contributed by atoms with Crippen LogP contribution in [-0.2, 0) is 0 Å². The second kappa shape index (κ2) is 7.64. The number of hydrogen-bond donors (Lipinski definition) is 1. The van der Waals surface area contributed by atoms with Gasteiger partial charge < -0.3 is 5.32 Å². The summed E-state index contributed by atoms with van der Waals surface area (Å²) in [6.45, 7) is 0. The molecule has 0 bridgehead atoms. The van der Waals surface area contributed by atoms with Crippen molar-refractivity contribution in [3.8, 4) is 0 Å². The minimum atomic E-state index is -0.288. The van der Waals surface area contributed by atoms with Gasteiger partial charge in [0.1, 0.15) is 0 Å². The fourth-order valence-electron chi connectivity index (χ4n) is 1.87. The highest BCUT2D eigenvalue weighted by Crippen LogP contribution is 2.33. The van der Waals surface area contributed by atoms with Crippen LogP contribution in [0.15, 0.2) is 42.5 Å². The van der Waals surface area contributed by atoms with Crippen LogP contribution in [0.2, 0.25) is 15.1 Å². The number of rotatable bonds is 4. The first-order valence-corrected chi connectivity index (χ1v) is 7.75. The van der Waals surface area contributed by atoms with Crippen molar-refractivity contribution >= 4 is 52.6 Å². The van der Waals surface area contributed by atoms with Gasteiger partial charge in [0.05, 0.1) is 15.1 Å². The van der Waals surface area contributed by atoms with Gasteiger partial charge in [-0.05, 0) is 35.9 Å². The van der Waals surface area contributed by atoms with E-state index in [1.807, 2.05) is 0 Å². The molecule has 0 spiro atoms. The zero-order valence-electron chi connectivity index (χ0n) is 12.1. The van der Waals surface area contributed by atoms with Crippen LogP contribution in [0.25, 0.3) is 6.08 Å². The van der Waals surface area contributed by atoms with Gasteiger partial charge >= 0.3 is 0 Å². The first-order valence-electron chi connectivity index (χ1n) is 6.62. The van der Waals surface area contributed by atoms with E-state index < -0.39 is 0 Å². The maximum absolute atomic E-state index is 12.2. The summed E-state index contributed by atoms with van der Waals surface area (Å²) in [4.78, 5) is 23.6.